The molecule has 27 heavy (non-hydrogen) atoms. The molecular formula is C19H22N2O5S. The van der Waals surface area contributed by atoms with E-state index in [0.717, 1.165) is 0 Å². The number of hydrogen-bond acceptors (Lipinski definition) is 5. The Hall–Kier alpha value is -2.71. The molecule has 144 valence electrons. The summed E-state index contributed by atoms with van der Waals surface area (Å²) in [6.07, 6.45) is 0.689. The molecule has 2 aromatic carbocycles. The lowest BCUT2D eigenvalue weighted by molar-refractivity contribution is -0.118. The van der Waals surface area contributed by atoms with Crippen LogP contribution in [0.1, 0.15) is 24.2 Å². The molecule has 0 unspecified atom stereocenters. The van der Waals surface area contributed by atoms with Crippen LogP contribution in [0.5, 0.6) is 5.75 Å². The highest BCUT2D eigenvalue weighted by Gasteiger charge is 2.21. The second-order valence-electron chi connectivity index (χ2n) is 5.64. The van der Waals surface area contributed by atoms with Crippen molar-refractivity contribution in [3.8, 4) is 5.75 Å². The van der Waals surface area contributed by atoms with Gasteiger partial charge in [-0.15, -0.1) is 0 Å². The van der Waals surface area contributed by atoms with Crippen molar-refractivity contribution in [3.05, 3.63) is 54.1 Å². The van der Waals surface area contributed by atoms with Gasteiger partial charge in [-0.1, -0.05) is 32.0 Å². The van der Waals surface area contributed by atoms with E-state index in [2.05, 4.69) is 5.32 Å². The van der Waals surface area contributed by atoms with Gasteiger partial charge in [0.1, 0.15) is 12.0 Å². The van der Waals surface area contributed by atoms with E-state index in [1.807, 2.05) is 0 Å². The molecule has 1 amide bonds. The zero-order valence-electron chi connectivity index (χ0n) is 15.2. The minimum Gasteiger partial charge on any atom is -0.484 e. The predicted molar refractivity (Wildman–Crippen MR) is 103 cm³/mol. The second kappa shape index (κ2) is 9.29. The Kier molecular flexibility index (Phi) is 7.09. The fraction of sp³-hybridized carbons (Fsp3) is 0.263. The number of nitrogens with zero attached hydrogens (tertiary/aromatic N) is 1. The summed E-state index contributed by atoms with van der Waals surface area (Å²) in [5.74, 6) is -0.0449. The maximum absolute atomic E-state index is 12.6. The van der Waals surface area contributed by atoms with Crippen LogP contribution >= 0.6 is 0 Å². The minimum atomic E-state index is -3.60. The lowest BCUT2D eigenvalue weighted by Crippen LogP contribution is -2.30. The highest BCUT2D eigenvalue weighted by molar-refractivity contribution is 7.89. The highest BCUT2D eigenvalue weighted by Crippen LogP contribution is 2.19. The Labute approximate surface area is 159 Å². The first-order valence-corrected chi connectivity index (χ1v) is 9.92. The van der Waals surface area contributed by atoms with E-state index in [1.54, 1.807) is 44.2 Å². The van der Waals surface area contributed by atoms with Crippen LogP contribution in [0.25, 0.3) is 0 Å². The molecule has 0 spiro atoms. The molecular weight excluding hydrogens is 368 g/mol. The third-order valence-electron chi connectivity index (χ3n) is 3.83. The average Bonchev–Trinajstić information content (AvgIpc) is 2.67. The van der Waals surface area contributed by atoms with E-state index in [-0.39, 0.29) is 11.5 Å². The number of aldehydes is 1. The molecule has 0 aliphatic rings. The summed E-state index contributed by atoms with van der Waals surface area (Å²) in [6, 6.07) is 12.5. The highest BCUT2D eigenvalue weighted by atomic mass is 32.2. The number of carbonyl (C=O) groups is 2. The number of amides is 1. The molecule has 0 saturated carbocycles. The lowest BCUT2D eigenvalue weighted by Gasteiger charge is -2.18. The Morgan fingerprint density at radius 3 is 2.48 bits per heavy atom. The summed E-state index contributed by atoms with van der Waals surface area (Å²) < 4.78 is 31.8. The number of sulfonamides is 1. The predicted octanol–water partition coefficient (Wildman–Crippen LogP) is 2.55. The molecule has 0 radical (unpaired) electrons. The Bertz CT molecular complexity index is 908. The quantitative estimate of drug-likeness (QED) is 0.664. The molecule has 2 aromatic rings. The van der Waals surface area contributed by atoms with Gasteiger partial charge in [0, 0.05) is 24.3 Å². The molecule has 0 heterocycles. The smallest absolute Gasteiger partial charge is 0.262 e. The van der Waals surface area contributed by atoms with Crippen LogP contribution in [-0.4, -0.2) is 44.6 Å². The molecule has 0 saturated heterocycles. The van der Waals surface area contributed by atoms with Crippen LogP contribution < -0.4 is 10.1 Å². The standard InChI is InChI=1S/C19H22N2O5S/c1-3-21(4-2)27(24,25)18-10-6-8-16(12-18)20-19(23)14-26-17-9-5-7-15(11-17)13-22/h5-13H,3-4,14H2,1-2H3,(H,20,23). The first-order chi connectivity index (χ1) is 12.9. The summed E-state index contributed by atoms with van der Waals surface area (Å²) in [5, 5.41) is 2.61. The Balaban J connectivity index is 2.05. The van der Waals surface area contributed by atoms with Crippen molar-refractivity contribution in [3.63, 3.8) is 0 Å². The van der Waals surface area contributed by atoms with Crippen molar-refractivity contribution < 1.29 is 22.7 Å². The number of nitrogens with one attached hydrogen (secondary N) is 1. The molecule has 2 rings (SSSR count). The van der Waals surface area contributed by atoms with Crippen molar-refractivity contribution in [1.29, 1.82) is 0 Å². The number of ether oxygens (including phenoxy) is 1. The number of anilines is 1. The van der Waals surface area contributed by atoms with E-state index in [4.69, 9.17) is 4.74 Å². The lowest BCUT2D eigenvalue weighted by atomic mass is 10.2. The van der Waals surface area contributed by atoms with Gasteiger partial charge in [0.25, 0.3) is 5.91 Å². The van der Waals surface area contributed by atoms with E-state index in [1.165, 1.54) is 22.5 Å². The third-order valence-corrected chi connectivity index (χ3v) is 5.87. The first-order valence-electron chi connectivity index (χ1n) is 8.48. The van der Waals surface area contributed by atoms with Crippen LogP contribution in [-0.2, 0) is 14.8 Å². The zero-order chi connectivity index (χ0) is 19.9. The van der Waals surface area contributed by atoms with Gasteiger partial charge in [-0.2, -0.15) is 4.31 Å². The average molecular weight is 390 g/mol. The van der Waals surface area contributed by atoms with Gasteiger partial charge < -0.3 is 10.1 Å². The van der Waals surface area contributed by atoms with E-state index < -0.39 is 15.9 Å². The maximum atomic E-state index is 12.6. The molecule has 0 aliphatic carbocycles. The summed E-state index contributed by atoms with van der Waals surface area (Å²) in [5.41, 5.74) is 0.806. The Morgan fingerprint density at radius 1 is 1.11 bits per heavy atom. The van der Waals surface area contributed by atoms with Crippen molar-refractivity contribution in [2.24, 2.45) is 0 Å². The van der Waals surface area contributed by atoms with Crippen molar-refractivity contribution in [2.75, 3.05) is 25.0 Å². The van der Waals surface area contributed by atoms with Crippen LogP contribution in [0.4, 0.5) is 5.69 Å². The van der Waals surface area contributed by atoms with E-state index >= 15 is 0 Å². The number of rotatable bonds is 9. The van der Waals surface area contributed by atoms with Crippen LogP contribution in [0.3, 0.4) is 0 Å². The zero-order valence-corrected chi connectivity index (χ0v) is 16.0. The van der Waals surface area contributed by atoms with Crippen molar-refractivity contribution in [1.82, 2.24) is 4.31 Å². The van der Waals surface area contributed by atoms with Gasteiger partial charge in [0.15, 0.2) is 6.61 Å². The number of carbonyl (C=O) groups excluding carboxylic acids is 2. The summed E-state index contributed by atoms with van der Waals surface area (Å²) >= 11 is 0. The molecule has 8 heteroatoms. The minimum absolute atomic E-state index is 0.114. The molecule has 7 nitrogen and oxygen atoms in total. The van der Waals surface area contributed by atoms with Crippen LogP contribution in [0, 0.1) is 0 Å². The fourth-order valence-corrected chi connectivity index (χ4v) is 3.97. The molecule has 0 bridgehead atoms. The van der Waals surface area contributed by atoms with Gasteiger partial charge in [0.2, 0.25) is 10.0 Å². The topological polar surface area (TPSA) is 92.8 Å². The van der Waals surface area contributed by atoms with Gasteiger partial charge in [-0.3, -0.25) is 9.59 Å². The van der Waals surface area contributed by atoms with Gasteiger partial charge >= 0.3 is 0 Å². The summed E-state index contributed by atoms with van der Waals surface area (Å²) in [6.45, 7) is 3.99. The first kappa shape index (κ1) is 20.6. The van der Waals surface area contributed by atoms with Gasteiger partial charge in [-0.05, 0) is 30.3 Å². The van der Waals surface area contributed by atoms with E-state index in [9.17, 15) is 18.0 Å². The SMILES string of the molecule is CCN(CC)S(=O)(=O)c1cccc(NC(=O)COc2cccc(C=O)c2)c1. The summed E-state index contributed by atoms with van der Waals surface area (Å²) in [4.78, 5) is 23.0. The molecule has 0 atom stereocenters. The van der Waals surface area contributed by atoms with Crippen molar-refractivity contribution >= 4 is 27.9 Å². The monoisotopic (exact) mass is 390 g/mol. The second-order valence-corrected chi connectivity index (χ2v) is 7.58. The van der Waals surface area contributed by atoms with E-state index in [0.29, 0.717) is 36.4 Å². The van der Waals surface area contributed by atoms with Crippen LogP contribution in [0.2, 0.25) is 0 Å². The fourth-order valence-electron chi connectivity index (χ4n) is 2.47. The van der Waals surface area contributed by atoms with Gasteiger partial charge in [-0.25, -0.2) is 8.42 Å². The van der Waals surface area contributed by atoms with Gasteiger partial charge in [0.05, 0.1) is 4.90 Å². The number of benzene rings is 2. The van der Waals surface area contributed by atoms with Crippen molar-refractivity contribution in [2.45, 2.75) is 18.7 Å². The molecule has 0 aromatic heterocycles. The van der Waals surface area contributed by atoms with Crippen LogP contribution in [0.15, 0.2) is 53.4 Å². The normalized spacial score (nSPS) is 11.2. The molecule has 0 fully saturated rings. The Morgan fingerprint density at radius 2 is 1.81 bits per heavy atom. The maximum Gasteiger partial charge on any atom is 0.262 e. The summed E-state index contributed by atoms with van der Waals surface area (Å²) in [7, 11) is -3.60. The third kappa shape index (κ3) is 5.38. The number of hydrogen-bond donors (Lipinski definition) is 1. The molecule has 0 aliphatic heterocycles. The molecule has 1 N–H and O–H groups in total. The largest absolute Gasteiger partial charge is 0.484 e.